The van der Waals surface area contributed by atoms with E-state index >= 15 is 0 Å². The molecule has 0 spiro atoms. The number of aromatic nitrogens is 1. The Balaban J connectivity index is 1.56. The van der Waals surface area contributed by atoms with Crippen molar-refractivity contribution in [1.82, 2.24) is 9.88 Å². The highest BCUT2D eigenvalue weighted by Crippen LogP contribution is 2.31. The van der Waals surface area contributed by atoms with Crippen LogP contribution in [0.2, 0.25) is 0 Å². The number of rotatable bonds is 5. The molecule has 0 bridgehead atoms. The van der Waals surface area contributed by atoms with Crippen molar-refractivity contribution in [2.24, 2.45) is 5.92 Å². The summed E-state index contributed by atoms with van der Waals surface area (Å²) in [6, 6.07) is 9.31. The van der Waals surface area contributed by atoms with Crippen molar-refractivity contribution in [1.29, 1.82) is 0 Å². The first-order chi connectivity index (χ1) is 13.1. The summed E-state index contributed by atoms with van der Waals surface area (Å²) in [5, 5.41) is 4.05. The van der Waals surface area contributed by atoms with Crippen molar-refractivity contribution in [3.05, 3.63) is 60.2 Å². The number of anilines is 1. The predicted octanol–water partition coefficient (Wildman–Crippen LogP) is 4.76. The number of amides is 1. The highest BCUT2D eigenvalue weighted by Gasteiger charge is 2.17. The molecule has 0 unspecified atom stereocenters. The van der Waals surface area contributed by atoms with Gasteiger partial charge in [0.2, 0.25) is 0 Å². The van der Waals surface area contributed by atoms with Gasteiger partial charge in [0, 0.05) is 48.0 Å². The summed E-state index contributed by atoms with van der Waals surface area (Å²) < 4.78 is 5.16. The molecule has 1 amide bonds. The number of nitrogens with one attached hydrogen (secondary N) is 2. The van der Waals surface area contributed by atoms with Gasteiger partial charge in [0.15, 0.2) is 5.76 Å². The molecule has 0 aliphatic carbocycles. The smallest absolute Gasteiger partial charge is 0.291 e. The lowest BCUT2D eigenvalue weighted by Gasteiger charge is -2.27. The van der Waals surface area contributed by atoms with Crippen molar-refractivity contribution in [2.45, 2.75) is 20.3 Å². The molecule has 0 radical (unpaired) electrons. The van der Waals surface area contributed by atoms with E-state index in [1.54, 1.807) is 12.1 Å². The van der Waals surface area contributed by atoms with Gasteiger partial charge in [-0.3, -0.25) is 9.69 Å². The number of hydrogen-bond donors (Lipinski definition) is 2. The monoisotopic (exact) mass is 363 g/mol. The summed E-state index contributed by atoms with van der Waals surface area (Å²) in [4.78, 5) is 18.1. The SMILES string of the molecule is CC(C)CN1CC=C(c2c[nH]c3ccc(NC(=O)c4ccco4)cc23)CC1. The van der Waals surface area contributed by atoms with Crippen LogP contribution in [-0.2, 0) is 0 Å². The molecule has 1 aliphatic rings. The van der Waals surface area contributed by atoms with E-state index in [9.17, 15) is 4.79 Å². The molecule has 1 aliphatic heterocycles. The minimum atomic E-state index is -0.238. The molecule has 1 aromatic carbocycles. The summed E-state index contributed by atoms with van der Waals surface area (Å²) in [5.74, 6) is 0.760. The number of furan rings is 1. The second-order valence-corrected chi connectivity index (χ2v) is 7.53. The number of aromatic amines is 1. The Kier molecular flexibility index (Phi) is 4.86. The number of hydrogen-bond acceptors (Lipinski definition) is 3. The van der Waals surface area contributed by atoms with E-state index in [-0.39, 0.29) is 5.91 Å². The van der Waals surface area contributed by atoms with Crippen LogP contribution in [0.1, 0.15) is 36.4 Å². The summed E-state index contributed by atoms with van der Waals surface area (Å²) >= 11 is 0. The maximum absolute atomic E-state index is 12.2. The molecule has 5 nitrogen and oxygen atoms in total. The first kappa shape index (κ1) is 17.6. The topological polar surface area (TPSA) is 61.3 Å². The molecule has 3 heterocycles. The van der Waals surface area contributed by atoms with Crippen LogP contribution in [-0.4, -0.2) is 35.4 Å². The van der Waals surface area contributed by atoms with Crippen LogP contribution in [0.4, 0.5) is 5.69 Å². The number of carbonyl (C=O) groups is 1. The van der Waals surface area contributed by atoms with Gasteiger partial charge >= 0.3 is 0 Å². The summed E-state index contributed by atoms with van der Waals surface area (Å²) in [6.45, 7) is 7.75. The number of fused-ring (bicyclic) bond motifs is 1. The molecule has 2 N–H and O–H groups in total. The predicted molar refractivity (Wildman–Crippen MR) is 109 cm³/mol. The van der Waals surface area contributed by atoms with Crippen molar-refractivity contribution < 1.29 is 9.21 Å². The Morgan fingerprint density at radius 1 is 1.33 bits per heavy atom. The van der Waals surface area contributed by atoms with E-state index in [0.717, 1.165) is 42.6 Å². The first-order valence-electron chi connectivity index (χ1n) is 9.48. The zero-order valence-corrected chi connectivity index (χ0v) is 15.8. The van der Waals surface area contributed by atoms with Gasteiger partial charge in [0.25, 0.3) is 5.91 Å². The molecule has 3 aromatic rings. The van der Waals surface area contributed by atoms with Crippen molar-refractivity contribution in [2.75, 3.05) is 25.0 Å². The second-order valence-electron chi connectivity index (χ2n) is 7.53. The Morgan fingerprint density at radius 2 is 2.22 bits per heavy atom. The molecular formula is C22H25N3O2. The molecule has 27 heavy (non-hydrogen) atoms. The van der Waals surface area contributed by atoms with Gasteiger partial charge < -0.3 is 14.7 Å². The molecule has 0 saturated carbocycles. The van der Waals surface area contributed by atoms with Gasteiger partial charge in [-0.05, 0) is 48.2 Å². The molecule has 2 aromatic heterocycles. The van der Waals surface area contributed by atoms with E-state index in [0.29, 0.717) is 11.7 Å². The van der Waals surface area contributed by atoms with E-state index < -0.39 is 0 Å². The van der Waals surface area contributed by atoms with Gasteiger partial charge in [0.05, 0.1) is 6.26 Å². The number of nitrogens with zero attached hydrogens (tertiary/aromatic N) is 1. The zero-order valence-electron chi connectivity index (χ0n) is 15.8. The van der Waals surface area contributed by atoms with Crippen LogP contribution in [0.3, 0.4) is 0 Å². The van der Waals surface area contributed by atoms with Crippen LogP contribution < -0.4 is 5.32 Å². The summed E-state index contributed by atoms with van der Waals surface area (Å²) in [6.07, 6.45) is 6.96. The van der Waals surface area contributed by atoms with Crippen LogP contribution >= 0.6 is 0 Å². The van der Waals surface area contributed by atoms with Crippen LogP contribution in [0.15, 0.2) is 53.3 Å². The van der Waals surface area contributed by atoms with Crippen molar-refractivity contribution in [3.63, 3.8) is 0 Å². The zero-order chi connectivity index (χ0) is 18.8. The molecule has 4 rings (SSSR count). The number of benzene rings is 1. The molecule has 0 saturated heterocycles. The highest BCUT2D eigenvalue weighted by atomic mass is 16.3. The fraction of sp³-hybridized carbons (Fsp3) is 0.318. The maximum atomic E-state index is 12.2. The van der Waals surface area contributed by atoms with Crippen LogP contribution in [0.25, 0.3) is 16.5 Å². The number of carbonyl (C=O) groups excluding carboxylic acids is 1. The average Bonchev–Trinajstić information content (AvgIpc) is 3.32. The standard InChI is InChI=1S/C22H25N3O2/c1-15(2)14-25-9-7-16(8-10-25)19-13-23-20-6-5-17(12-18(19)20)24-22(26)21-4-3-11-27-21/h3-7,11-13,15,23H,8-10,14H2,1-2H3,(H,24,26). The van der Waals surface area contributed by atoms with E-state index in [4.69, 9.17) is 4.42 Å². The van der Waals surface area contributed by atoms with Gasteiger partial charge in [-0.1, -0.05) is 19.9 Å². The second kappa shape index (κ2) is 7.45. The molecule has 0 atom stereocenters. The lowest BCUT2D eigenvalue weighted by molar-refractivity contribution is 0.0996. The lowest BCUT2D eigenvalue weighted by Crippen LogP contribution is -2.31. The normalized spacial score (nSPS) is 15.3. The van der Waals surface area contributed by atoms with E-state index in [2.05, 4.69) is 41.3 Å². The summed E-state index contributed by atoms with van der Waals surface area (Å²) in [7, 11) is 0. The van der Waals surface area contributed by atoms with Crippen LogP contribution in [0.5, 0.6) is 0 Å². The molecule has 140 valence electrons. The third-order valence-electron chi connectivity index (χ3n) is 4.95. The van der Waals surface area contributed by atoms with Gasteiger partial charge in [-0.2, -0.15) is 0 Å². The third-order valence-corrected chi connectivity index (χ3v) is 4.95. The minimum absolute atomic E-state index is 0.238. The Hall–Kier alpha value is -2.79. The Labute approximate surface area is 159 Å². The third kappa shape index (κ3) is 3.83. The van der Waals surface area contributed by atoms with Gasteiger partial charge in [0.1, 0.15) is 0 Å². The van der Waals surface area contributed by atoms with Gasteiger partial charge in [-0.25, -0.2) is 0 Å². The first-order valence-corrected chi connectivity index (χ1v) is 9.48. The van der Waals surface area contributed by atoms with Crippen molar-refractivity contribution >= 4 is 28.1 Å². The Morgan fingerprint density at radius 3 is 2.93 bits per heavy atom. The quantitative estimate of drug-likeness (QED) is 0.687. The Bertz CT molecular complexity index is 967. The summed E-state index contributed by atoms with van der Waals surface area (Å²) in [5.41, 5.74) is 4.44. The van der Waals surface area contributed by atoms with E-state index in [1.165, 1.54) is 17.4 Å². The number of H-pyrrole nitrogens is 1. The fourth-order valence-corrected chi connectivity index (χ4v) is 3.70. The van der Waals surface area contributed by atoms with Gasteiger partial charge in [-0.15, -0.1) is 0 Å². The lowest BCUT2D eigenvalue weighted by atomic mass is 9.98. The largest absolute Gasteiger partial charge is 0.459 e. The molecule has 0 fully saturated rings. The average molecular weight is 363 g/mol. The van der Waals surface area contributed by atoms with Crippen LogP contribution in [0, 0.1) is 5.92 Å². The molecular weight excluding hydrogens is 338 g/mol. The fourth-order valence-electron chi connectivity index (χ4n) is 3.70. The van der Waals surface area contributed by atoms with E-state index in [1.807, 2.05) is 18.2 Å². The van der Waals surface area contributed by atoms with Crippen molar-refractivity contribution in [3.8, 4) is 0 Å². The highest BCUT2D eigenvalue weighted by molar-refractivity contribution is 6.04. The minimum Gasteiger partial charge on any atom is -0.459 e. The molecule has 5 heteroatoms. The maximum Gasteiger partial charge on any atom is 0.291 e.